The number of aliphatic hydroxyl groups is 1. The highest BCUT2D eigenvalue weighted by atomic mass is 16.6. The van der Waals surface area contributed by atoms with Crippen molar-refractivity contribution in [1.29, 1.82) is 0 Å². The smallest absolute Gasteiger partial charge is 0.415 e. The average Bonchev–Trinajstić information content (AvgIpc) is 2.69. The third kappa shape index (κ3) is 2.41. The van der Waals surface area contributed by atoms with Crippen LogP contribution in [-0.2, 0) is 4.74 Å². The van der Waals surface area contributed by atoms with Crippen LogP contribution in [0.4, 0.5) is 4.79 Å². The van der Waals surface area contributed by atoms with Crippen molar-refractivity contribution in [3.05, 3.63) is 12.3 Å². The van der Waals surface area contributed by atoms with E-state index in [9.17, 15) is 4.79 Å². The van der Waals surface area contributed by atoms with Gasteiger partial charge in [-0.05, 0) is 19.3 Å². The van der Waals surface area contributed by atoms with Crippen molar-refractivity contribution in [2.75, 3.05) is 13.2 Å². The highest BCUT2D eigenvalue weighted by Gasteiger charge is 2.33. The molecule has 0 aromatic carbocycles. The molecule has 0 bridgehead atoms. The van der Waals surface area contributed by atoms with Gasteiger partial charge in [-0.3, -0.25) is 4.90 Å². The average molecular weight is 224 g/mol. The molecule has 16 heavy (non-hydrogen) atoms. The summed E-state index contributed by atoms with van der Waals surface area (Å²) in [4.78, 5) is 17.4. The van der Waals surface area contributed by atoms with Crippen LogP contribution < -0.4 is 0 Å². The van der Waals surface area contributed by atoms with Gasteiger partial charge in [-0.15, -0.1) is 0 Å². The Kier molecular flexibility index (Phi) is 3.56. The fraction of sp³-hybridized carbons (Fsp3) is 0.636. The van der Waals surface area contributed by atoms with Gasteiger partial charge >= 0.3 is 6.09 Å². The van der Waals surface area contributed by atoms with Gasteiger partial charge in [-0.25, -0.2) is 9.79 Å². The van der Waals surface area contributed by atoms with Crippen LogP contribution in [0.1, 0.15) is 25.7 Å². The van der Waals surface area contributed by atoms with E-state index in [2.05, 4.69) is 4.99 Å². The van der Waals surface area contributed by atoms with Crippen LogP contribution in [0.3, 0.4) is 0 Å². The van der Waals surface area contributed by atoms with Gasteiger partial charge in [-0.1, -0.05) is 6.08 Å². The molecule has 0 spiro atoms. The number of ether oxygens (including phenoxy) is 1. The number of carbonyl (C=O) groups excluding carboxylic acids is 1. The quantitative estimate of drug-likeness (QED) is 0.785. The number of cyclic esters (lactones) is 1. The Hall–Kier alpha value is -1.36. The first-order valence-corrected chi connectivity index (χ1v) is 5.62. The van der Waals surface area contributed by atoms with E-state index in [0.717, 1.165) is 18.7 Å². The third-order valence-electron chi connectivity index (χ3n) is 2.73. The van der Waals surface area contributed by atoms with Gasteiger partial charge in [0.15, 0.2) is 0 Å². The number of aliphatic hydroxyl groups excluding tert-OH is 1. The summed E-state index contributed by atoms with van der Waals surface area (Å²) < 4.78 is 5.20. The molecule has 1 atom stereocenters. The van der Waals surface area contributed by atoms with Crippen LogP contribution in [0, 0.1) is 0 Å². The van der Waals surface area contributed by atoms with Crippen molar-refractivity contribution in [3.8, 4) is 0 Å². The zero-order valence-corrected chi connectivity index (χ0v) is 9.13. The number of carbonyl (C=O) groups is 1. The highest BCUT2D eigenvalue weighted by Crippen LogP contribution is 2.19. The monoisotopic (exact) mass is 224 g/mol. The minimum Gasteiger partial charge on any atom is -0.444 e. The maximum atomic E-state index is 11.6. The van der Waals surface area contributed by atoms with Gasteiger partial charge in [0, 0.05) is 19.2 Å². The lowest BCUT2D eigenvalue weighted by atomic mass is 10.2. The molecule has 0 unspecified atom stereocenters. The van der Waals surface area contributed by atoms with Crippen LogP contribution in [-0.4, -0.2) is 41.2 Å². The Balaban J connectivity index is 1.94. The molecule has 0 aromatic heterocycles. The molecule has 1 N–H and O–H groups in total. The van der Waals surface area contributed by atoms with Crippen LogP contribution in [0.25, 0.3) is 0 Å². The maximum absolute atomic E-state index is 11.6. The molecule has 2 heterocycles. The second kappa shape index (κ2) is 5.12. The largest absolute Gasteiger partial charge is 0.444 e. The van der Waals surface area contributed by atoms with Gasteiger partial charge in [0.25, 0.3) is 0 Å². The van der Waals surface area contributed by atoms with Crippen molar-refractivity contribution in [2.45, 2.75) is 31.8 Å². The number of aliphatic imine (C=N–C) groups is 1. The summed E-state index contributed by atoms with van der Waals surface area (Å²) in [6.07, 6.45) is 6.38. The van der Waals surface area contributed by atoms with Crippen molar-refractivity contribution in [2.24, 2.45) is 4.99 Å². The number of allylic oxidation sites excluding steroid dienone is 1. The van der Waals surface area contributed by atoms with Crippen molar-refractivity contribution in [1.82, 2.24) is 4.90 Å². The third-order valence-corrected chi connectivity index (χ3v) is 2.73. The van der Waals surface area contributed by atoms with Gasteiger partial charge < -0.3 is 9.84 Å². The van der Waals surface area contributed by atoms with Gasteiger partial charge in [0.05, 0.1) is 6.54 Å². The van der Waals surface area contributed by atoms with Crippen LogP contribution in [0.15, 0.2) is 17.3 Å². The first kappa shape index (κ1) is 11.1. The molecule has 2 aliphatic heterocycles. The Morgan fingerprint density at radius 1 is 1.62 bits per heavy atom. The second-order valence-electron chi connectivity index (χ2n) is 3.95. The molecule has 0 aliphatic carbocycles. The predicted molar refractivity (Wildman–Crippen MR) is 59.1 cm³/mol. The summed E-state index contributed by atoms with van der Waals surface area (Å²) in [6, 6.07) is 0. The lowest BCUT2D eigenvalue weighted by Crippen LogP contribution is -2.32. The SMILES string of the molecule is O=C1O[C@H](CCCO)CN1C1=NC=CCC1. The van der Waals surface area contributed by atoms with E-state index in [4.69, 9.17) is 9.84 Å². The van der Waals surface area contributed by atoms with E-state index in [1.165, 1.54) is 0 Å². The molecule has 5 heteroatoms. The first-order valence-electron chi connectivity index (χ1n) is 5.62. The normalized spacial score (nSPS) is 24.6. The number of rotatable bonds is 3. The molecule has 5 nitrogen and oxygen atoms in total. The number of amides is 1. The lowest BCUT2D eigenvalue weighted by molar-refractivity contribution is 0.127. The minimum absolute atomic E-state index is 0.103. The predicted octanol–water partition coefficient (Wildman–Crippen LogP) is 1.29. The summed E-state index contributed by atoms with van der Waals surface area (Å²) in [6.45, 7) is 0.698. The van der Waals surface area contributed by atoms with Crippen molar-refractivity contribution < 1.29 is 14.6 Å². The Bertz CT molecular complexity index is 325. The van der Waals surface area contributed by atoms with Crippen LogP contribution in [0.5, 0.6) is 0 Å². The fourth-order valence-corrected chi connectivity index (χ4v) is 1.90. The zero-order valence-electron chi connectivity index (χ0n) is 9.13. The van der Waals surface area contributed by atoms with Gasteiger partial charge in [0.2, 0.25) is 0 Å². The topological polar surface area (TPSA) is 62.1 Å². The summed E-state index contributed by atoms with van der Waals surface area (Å²) >= 11 is 0. The molecule has 88 valence electrons. The highest BCUT2D eigenvalue weighted by molar-refractivity contribution is 5.97. The van der Waals surface area contributed by atoms with Crippen molar-refractivity contribution >= 4 is 11.9 Å². The van der Waals surface area contributed by atoms with E-state index in [-0.39, 0.29) is 18.8 Å². The summed E-state index contributed by atoms with van der Waals surface area (Å²) in [7, 11) is 0. The molecule has 2 rings (SSSR count). The molecular weight excluding hydrogens is 208 g/mol. The Labute approximate surface area is 94.4 Å². The first-order chi connectivity index (χ1) is 7.81. The van der Waals surface area contributed by atoms with Gasteiger partial charge in [0.1, 0.15) is 11.9 Å². The molecular formula is C11H16N2O3. The lowest BCUT2D eigenvalue weighted by Gasteiger charge is -2.16. The van der Waals surface area contributed by atoms with E-state index in [0.29, 0.717) is 19.4 Å². The van der Waals surface area contributed by atoms with Crippen LogP contribution in [0.2, 0.25) is 0 Å². The summed E-state index contributed by atoms with van der Waals surface area (Å²) in [5.41, 5.74) is 0. The number of hydrogen-bond acceptors (Lipinski definition) is 4. The fourth-order valence-electron chi connectivity index (χ4n) is 1.90. The molecule has 1 fully saturated rings. The van der Waals surface area contributed by atoms with E-state index in [1.54, 1.807) is 11.1 Å². The Morgan fingerprint density at radius 2 is 2.50 bits per heavy atom. The zero-order chi connectivity index (χ0) is 11.4. The molecule has 0 radical (unpaired) electrons. The van der Waals surface area contributed by atoms with E-state index >= 15 is 0 Å². The maximum Gasteiger partial charge on any atom is 0.415 e. The van der Waals surface area contributed by atoms with E-state index in [1.807, 2.05) is 6.08 Å². The second-order valence-corrected chi connectivity index (χ2v) is 3.95. The molecule has 1 amide bonds. The van der Waals surface area contributed by atoms with Gasteiger partial charge in [-0.2, -0.15) is 0 Å². The van der Waals surface area contributed by atoms with Crippen LogP contribution >= 0.6 is 0 Å². The number of hydrogen-bond donors (Lipinski definition) is 1. The summed E-state index contributed by atoms with van der Waals surface area (Å²) in [5, 5.41) is 8.72. The molecule has 2 aliphatic rings. The number of amidine groups is 1. The molecule has 0 saturated carbocycles. The number of nitrogens with zero attached hydrogens (tertiary/aromatic N) is 2. The Morgan fingerprint density at radius 3 is 3.19 bits per heavy atom. The minimum atomic E-state index is -0.308. The molecule has 1 saturated heterocycles. The van der Waals surface area contributed by atoms with Crippen molar-refractivity contribution in [3.63, 3.8) is 0 Å². The standard InChI is InChI=1S/C11H16N2O3/c14-7-3-4-9-8-13(11(15)16-9)10-5-1-2-6-12-10/h2,6,9,14H,1,3-5,7-8H2/t9-/m1/s1. The summed E-state index contributed by atoms with van der Waals surface area (Å²) in [5.74, 6) is 0.791. The molecule has 0 aromatic rings. The van der Waals surface area contributed by atoms with E-state index < -0.39 is 0 Å².